The predicted octanol–water partition coefficient (Wildman–Crippen LogP) is -0.420. The SMILES string of the molecule is O=C(O)C1CN(C2CCS(=O)(=O)CC2)C1. The average Bonchev–Trinajstić information content (AvgIpc) is 2.04. The fraction of sp³-hybridized carbons (Fsp3) is 0.889. The van der Waals surface area contributed by atoms with E-state index >= 15 is 0 Å². The van der Waals surface area contributed by atoms with Crippen LogP contribution in [0.5, 0.6) is 0 Å². The van der Waals surface area contributed by atoms with E-state index in [1.54, 1.807) is 0 Å². The Bertz CT molecular complexity index is 344. The van der Waals surface area contributed by atoms with Crippen LogP contribution in [0.1, 0.15) is 12.8 Å². The van der Waals surface area contributed by atoms with Crippen LogP contribution in [0.3, 0.4) is 0 Å². The third-order valence-corrected chi connectivity index (χ3v) is 5.02. The monoisotopic (exact) mass is 233 g/mol. The predicted molar refractivity (Wildman–Crippen MR) is 54.4 cm³/mol. The molecule has 0 aliphatic carbocycles. The minimum Gasteiger partial charge on any atom is -0.481 e. The van der Waals surface area contributed by atoms with Crippen LogP contribution in [0.4, 0.5) is 0 Å². The van der Waals surface area contributed by atoms with E-state index in [9.17, 15) is 13.2 Å². The molecule has 0 bridgehead atoms. The van der Waals surface area contributed by atoms with Gasteiger partial charge in [0.25, 0.3) is 0 Å². The minimum absolute atomic E-state index is 0.247. The van der Waals surface area contributed by atoms with E-state index in [0.717, 1.165) is 0 Å². The van der Waals surface area contributed by atoms with Gasteiger partial charge in [0.05, 0.1) is 17.4 Å². The summed E-state index contributed by atoms with van der Waals surface area (Å²) < 4.78 is 22.4. The van der Waals surface area contributed by atoms with Crippen molar-refractivity contribution in [1.82, 2.24) is 4.90 Å². The molecule has 0 aromatic carbocycles. The Labute approximate surface area is 89.0 Å². The molecule has 6 heteroatoms. The fourth-order valence-corrected chi connectivity index (χ4v) is 3.68. The van der Waals surface area contributed by atoms with Crippen LogP contribution >= 0.6 is 0 Å². The first-order valence-electron chi connectivity index (χ1n) is 5.15. The van der Waals surface area contributed by atoms with Crippen molar-refractivity contribution in [2.24, 2.45) is 5.92 Å². The summed E-state index contributed by atoms with van der Waals surface area (Å²) in [4.78, 5) is 12.7. The highest BCUT2D eigenvalue weighted by molar-refractivity contribution is 7.91. The van der Waals surface area contributed by atoms with E-state index < -0.39 is 15.8 Å². The first kappa shape index (κ1) is 10.9. The van der Waals surface area contributed by atoms with Gasteiger partial charge in [-0.2, -0.15) is 0 Å². The van der Waals surface area contributed by atoms with Crippen LogP contribution in [0.25, 0.3) is 0 Å². The molecular formula is C9H15NO4S. The number of aliphatic carboxylic acids is 1. The number of hydrogen-bond acceptors (Lipinski definition) is 4. The summed E-state index contributed by atoms with van der Waals surface area (Å²) in [7, 11) is -2.81. The molecule has 0 aromatic rings. The van der Waals surface area contributed by atoms with Crippen molar-refractivity contribution >= 4 is 15.8 Å². The van der Waals surface area contributed by atoms with E-state index in [-0.39, 0.29) is 23.5 Å². The van der Waals surface area contributed by atoms with Gasteiger partial charge in [0, 0.05) is 19.1 Å². The van der Waals surface area contributed by atoms with Crippen LogP contribution in [0, 0.1) is 5.92 Å². The molecule has 2 aliphatic heterocycles. The number of carbonyl (C=O) groups is 1. The third kappa shape index (κ3) is 2.31. The molecule has 0 aromatic heterocycles. The second-order valence-electron chi connectivity index (χ2n) is 4.37. The number of hydrogen-bond donors (Lipinski definition) is 1. The number of sulfone groups is 1. The summed E-state index contributed by atoms with van der Waals surface area (Å²) in [5.41, 5.74) is 0. The van der Waals surface area contributed by atoms with Crippen molar-refractivity contribution < 1.29 is 18.3 Å². The van der Waals surface area contributed by atoms with Crippen molar-refractivity contribution in [2.75, 3.05) is 24.6 Å². The Morgan fingerprint density at radius 1 is 1.20 bits per heavy atom. The summed E-state index contributed by atoms with van der Waals surface area (Å²) in [6.07, 6.45) is 1.32. The Morgan fingerprint density at radius 3 is 2.20 bits per heavy atom. The molecule has 1 N–H and O–H groups in total. The number of carboxylic acid groups (broad SMARTS) is 1. The van der Waals surface area contributed by atoms with Crippen LogP contribution in [-0.2, 0) is 14.6 Å². The normalized spacial score (nSPS) is 28.5. The van der Waals surface area contributed by atoms with Crippen molar-refractivity contribution in [3.63, 3.8) is 0 Å². The van der Waals surface area contributed by atoms with Gasteiger partial charge >= 0.3 is 5.97 Å². The molecule has 2 saturated heterocycles. The quantitative estimate of drug-likeness (QED) is 0.701. The zero-order valence-corrected chi connectivity index (χ0v) is 9.24. The number of rotatable bonds is 2. The number of nitrogens with zero attached hydrogens (tertiary/aromatic N) is 1. The molecule has 0 saturated carbocycles. The van der Waals surface area contributed by atoms with Crippen LogP contribution < -0.4 is 0 Å². The molecule has 0 atom stereocenters. The number of carboxylic acids is 1. The van der Waals surface area contributed by atoms with Crippen molar-refractivity contribution in [2.45, 2.75) is 18.9 Å². The molecule has 0 amide bonds. The number of likely N-dealkylation sites (tertiary alicyclic amines) is 1. The fourth-order valence-electron chi connectivity index (χ4n) is 2.21. The summed E-state index contributed by atoms with van der Waals surface area (Å²) >= 11 is 0. The van der Waals surface area contributed by atoms with Gasteiger partial charge in [-0.05, 0) is 12.8 Å². The Balaban J connectivity index is 1.82. The highest BCUT2D eigenvalue weighted by Gasteiger charge is 2.38. The zero-order valence-electron chi connectivity index (χ0n) is 8.42. The van der Waals surface area contributed by atoms with Gasteiger partial charge in [0.1, 0.15) is 9.84 Å². The van der Waals surface area contributed by atoms with Gasteiger partial charge < -0.3 is 5.11 Å². The first-order chi connectivity index (χ1) is 6.98. The maximum atomic E-state index is 11.2. The van der Waals surface area contributed by atoms with Crippen molar-refractivity contribution in [3.8, 4) is 0 Å². The molecule has 0 radical (unpaired) electrons. The maximum Gasteiger partial charge on any atom is 0.309 e. The minimum atomic E-state index is -2.81. The topological polar surface area (TPSA) is 74.7 Å². The molecule has 15 heavy (non-hydrogen) atoms. The van der Waals surface area contributed by atoms with Crippen LogP contribution in [0.15, 0.2) is 0 Å². The first-order valence-corrected chi connectivity index (χ1v) is 6.97. The Morgan fingerprint density at radius 2 is 1.73 bits per heavy atom. The average molecular weight is 233 g/mol. The van der Waals surface area contributed by atoms with Crippen LogP contribution in [-0.4, -0.2) is 55.0 Å². The molecule has 2 heterocycles. The second kappa shape index (κ2) is 3.75. The lowest BCUT2D eigenvalue weighted by molar-refractivity contribution is -0.148. The van der Waals surface area contributed by atoms with Gasteiger partial charge in [-0.3, -0.25) is 9.69 Å². The van der Waals surface area contributed by atoms with Crippen molar-refractivity contribution in [1.29, 1.82) is 0 Å². The molecular weight excluding hydrogens is 218 g/mol. The lowest BCUT2D eigenvalue weighted by Gasteiger charge is -2.43. The van der Waals surface area contributed by atoms with E-state index in [1.807, 2.05) is 0 Å². The third-order valence-electron chi connectivity index (χ3n) is 3.30. The zero-order chi connectivity index (χ0) is 11.1. The van der Waals surface area contributed by atoms with Gasteiger partial charge in [-0.1, -0.05) is 0 Å². The van der Waals surface area contributed by atoms with Gasteiger partial charge in [-0.15, -0.1) is 0 Å². The largest absolute Gasteiger partial charge is 0.481 e. The van der Waals surface area contributed by atoms with Crippen molar-refractivity contribution in [3.05, 3.63) is 0 Å². The molecule has 86 valence electrons. The molecule has 0 unspecified atom stereocenters. The lowest BCUT2D eigenvalue weighted by atomic mass is 9.96. The molecule has 0 spiro atoms. The second-order valence-corrected chi connectivity index (χ2v) is 6.68. The van der Waals surface area contributed by atoms with Gasteiger partial charge in [0.15, 0.2) is 0 Å². The standard InChI is InChI=1S/C9H15NO4S/c11-9(12)7-5-10(6-7)8-1-3-15(13,14)4-2-8/h7-8H,1-6H2,(H,11,12). The van der Waals surface area contributed by atoms with Crippen LogP contribution in [0.2, 0.25) is 0 Å². The molecule has 2 fully saturated rings. The van der Waals surface area contributed by atoms with Gasteiger partial charge in [0.2, 0.25) is 0 Å². The highest BCUT2D eigenvalue weighted by Crippen LogP contribution is 2.25. The highest BCUT2D eigenvalue weighted by atomic mass is 32.2. The van der Waals surface area contributed by atoms with E-state index in [1.165, 1.54) is 0 Å². The Kier molecular flexibility index (Phi) is 2.72. The van der Waals surface area contributed by atoms with E-state index in [2.05, 4.69) is 4.90 Å². The lowest BCUT2D eigenvalue weighted by Crippen LogP contribution is -2.56. The van der Waals surface area contributed by atoms with Gasteiger partial charge in [-0.25, -0.2) is 8.42 Å². The van der Waals surface area contributed by atoms with E-state index in [0.29, 0.717) is 25.9 Å². The molecule has 5 nitrogen and oxygen atoms in total. The molecule has 2 aliphatic rings. The summed E-state index contributed by atoms with van der Waals surface area (Å²) in [6, 6.07) is 0.282. The Hall–Kier alpha value is -0.620. The molecule has 2 rings (SSSR count). The van der Waals surface area contributed by atoms with E-state index in [4.69, 9.17) is 5.11 Å². The summed E-state index contributed by atoms with van der Waals surface area (Å²) in [6.45, 7) is 1.17. The summed E-state index contributed by atoms with van der Waals surface area (Å²) in [5.74, 6) is -0.476. The maximum absolute atomic E-state index is 11.2. The smallest absolute Gasteiger partial charge is 0.309 e. The summed E-state index contributed by atoms with van der Waals surface area (Å²) in [5, 5.41) is 8.71.